The van der Waals surface area contributed by atoms with Gasteiger partial charge in [0.25, 0.3) is 0 Å². The average Bonchev–Trinajstić information content (AvgIpc) is 2.92. The Morgan fingerprint density at radius 3 is 3.06 bits per heavy atom. The third-order valence-electron chi connectivity index (χ3n) is 2.74. The molecular formula is C13H18N2OS. The molecule has 92 valence electrons. The third-order valence-corrected chi connectivity index (χ3v) is 3.47. The third kappa shape index (κ3) is 3.41. The number of rotatable bonds is 6. The smallest absolute Gasteiger partial charge is 0.111 e. The number of imidazole rings is 1. The Hall–Kier alpha value is -1.13. The molecule has 1 N–H and O–H groups in total. The maximum atomic E-state index is 10.0. The van der Waals surface area contributed by atoms with Crippen molar-refractivity contribution in [1.82, 2.24) is 9.55 Å². The van der Waals surface area contributed by atoms with E-state index >= 15 is 0 Å². The molecule has 0 bridgehead atoms. The fraction of sp³-hybridized carbons (Fsp3) is 0.462. The number of aliphatic hydroxyl groups is 1. The van der Waals surface area contributed by atoms with Crippen molar-refractivity contribution in [3.05, 3.63) is 40.6 Å². The minimum absolute atomic E-state index is 0.345. The molecule has 0 fully saturated rings. The molecule has 0 spiro atoms. The maximum Gasteiger partial charge on any atom is 0.111 e. The van der Waals surface area contributed by atoms with Crippen LogP contribution in [0.1, 0.15) is 24.7 Å². The first-order chi connectivity index (χ1) is 8.29. The predicted octanol–water partition coefficient (Wildman–Crippen LogP) is 2.50. The van der Waals surface area contributed by atoms with Crippen molar-refractivity contribution in [2.45, 2.75) is 38.8 Å². The molecule has 0 radical (unpaired) electrons. The molecule has 0 aliphatic heterocycles. The van der Waals surface area contributed by atoms with Crippen molar-refractivity contribution in [3.63, 3.8) is 0 Å². The first kappa shape index (κ1) is 12.3. The van der Waals surface area contributed by atoms with Gasteiger partial charge in [0.2, 0.25) is 0 Å². The molecule has 0 amide bonds. The van der Waals surface area contributed by atoms with Gasteiger partial charge in [-0.3, -0.25) is 0 Å². The van der Waals surface area contributed by atoms with Crippen LogP contribution in [0.2, 0.25) is 0 Å². The van der Waals surface area contributed by atoms with Crippen molar-refractivity contribution >= 4 is 11.3 Å². The Bertz CT molecular complexity index is 436. The van der Waals surface area contributed by atoms with Crippen LogP contribution in [0.15, 0.2) is 29.2 Å². The van der Waals surface area contributed by atoms with Gasteiger partial charge in [0.05, 0.1) is 6.10 Å². The van der Waals surface area contributed by atoms with E-state index in [9.17, 15) is 5.11 Å². The van der Waals surface area contributed by atoms with Crippen LogP contribution in [-0.4, -0.2) is 20.8 Å². The second-order valence-corrected chi connectivity index (χ2v) is 5.01. The summed E-state index contributed by atoms with van der Waals surface area (Å²) in [6.45, 7) is 3.12. The van der Waals surface area contributed by atoms with Gasteiger partial charge in [0.1, 0.15) is 5.82 Å². The van der Waals surface area contributed by atoms with Gasteiger partial charge in [-0.1, -0.05) is 6.92 Å². The van der Waals surface area contributed by atoms with E-state index in [4.69, 9.17) is 0 Å². The monoisotopic (exact) mass is 250 g/mol. The van der Waals surface area contributed by atoms with Gasteiger partial charge in [-0.05, 0) is 35.2 Å². The summed E-state index contributed by atoms with van der Waals surface area (Å²) in [5, 5.41) is 14.2. The first-order valence-corrected chi connectivity index (χ1v) is 6.93. The summed E-state index contributed by atoms with van der Waals surface area (Å²) in [6.07, 6.45) is 5.87. The van der Waals surface area contributed by atoms with Gasteiger partial charge in [0, 0.05) is 25.4 Å². The highest BCUT2D eigenvalue weighted by Crippen LogP contribution is 2.11. The topological polar surface area (TPSA) is 38.0 Å². The largest absolute Gasteiger partial charge is 0.392 e. The molecule has 2 aromatic rings. The van der Waals surface area contributed by atoms with Gasteiger partial charge in [-0.2, -0.15) is 11.3 Å². The van der Waals surface area contributed by atoms with Crippen LogP contribution in [0, 0.1) is 0 Å². The Kier molecular flexibility index (Phi) is 4.34. The number of hydrogen-bond acceptors (Lipinski definition) is 3. The summed E-state index contributed by atoms with van der Waals surface area (Å²) in [5.41, 5.74) is 1.20. The Morgan fingerprint density at radius 2 is 2.35 bits per heavy atom. The molecule has 17 heavy (non-hydrogen) atoms. The molecule has 2 rings (SSSR count). The minimum Gasteiger partial charge on any atom is -0.392 e. The summed E-state index contributed by atoms with van der Waals surface area (Å²) >= 11 is 1.67. The fourth-order valence-electron chi connectivity index (χ4n) is 1.94. The molecule has 1 unspecified atom stereocenters. The Labute approximate surface area is 106 Å². The van der Waals surface area contributed by atoms with E-state index < -0.39 is 0 Å². The molecule has 2 aromatic heterocycles. The van der Waals surface area contributed by atoms with Crippen molar-refractivity contribution < 1.29 is 5.11 Å². The number of aryl methyl sites for hydroxylation is 1. The van der Waals surface area contributed by atoms with Gasteiger partial charge in [-0.15, -0.1) is 0 Å². The van der Waals surface area contributed by atoms with E-state index in [0.717, 1.165) is 18.8 Å². The lowest BCUT2D eigenvalue weighted by Gasteiger charge is -2.11. The van der Waals surface area contributed by atoms with Crippen molar-refractivity contribution in [2.24, 2.45) is 0 Å². The number of hydrogen-bond donors (Lipinski definition) is 1. The first-order valence-electron chi connectivity index (χ1n) is 5.98. The second-order valence-electron chi connectivity index (χ2n) is 4.23. The zero-order chi connectivity index (χ0) is 12.1. The lowest BCUT2D eigenvalue weighted by atomic mass is 10.1. The average molecular weight is 250 g/mol. The minimum atomic E-state index is -0.345. The van der Waals surface area contributed by atoms with E-state index in [-0.39, 0.29) is 6.10 Å². The maximum absolute atomic E-state index is 10.0. The lowest BCUT2D eigenvalue weighted by Crippen LogP contribution is -2.17. The molecule has 3 nitrogen and oxygen atoms in total. The summed E-state index contributed by atoms with van der Waals surface area (Å²) in [4.78, 5) is 4.31. The molecule has 1 atom stereocenters. The molecule has 0 aliphatic carbocycles. The predicted molar refractivity (Wildman–Crippen MR) is 70.3 cm³/mol. The SMILES string of the molecule is CCCn1ccnc1CC(O)Cc1ccsc1. The van der Waals surface area contributed by atoms with Crippen LogP contribution in [0.4, 0.5) is 0 Å². The number of nitrogens with zero attached hydrogens (tertiary/aromatic N) is 2. The molecule has 0 aliphatic rings. The molecular weight excluding hydrogens is 232 g/mol. The lowest BCUT2D eigenvalue weighted by molar-refractivity contribution is 0.171. The standard InChI is InChI=1S/C13H18N2OS/c1-2-5-15-6-4-14-13(15)9-12(16)8-11-3-7-17-10-11/h3-4,6-7,10,12,16H,2,5,8-9H2,1H3. The molecule has 0 aromatic carbocycles. The van der Waals surface area contributed by atoms with Gasteiger partial charge >= 0.3 is 0 Å². The van der Waals surface area contributed by atoms with E-state index in [2.05, 4.69) is 27.9 Å². The van der Waals surface area contributed by atoms with Crippen molar-refractivity contribution in [2.75, 3.05) is 0 Å². The highest BCUT2D eigenvalue weighted by atomic mass is 32.1. The van der Waals surface area contributed by atoms with E-state index in [1.54, 1.807) is 11.3 Å². The summed E-state index contributed by atoms with van der Waals surface area (Å²) in [5.74, 6) is 0.981. The fourth-order valence-corrected chi connectivity index (χ4v) is 2.62. The van der Waals surface area contributed by atoms with E-state index in [1.807, 2.05) is 17.8 Å². The zero-order valence-electron chi connectivity index (χ0n) is 10.0. The van der Waals surface area contributed by atoms with Gasteiger partial charge < -0.3 is 9.67 Å². The Morgan fingerprint density at radius 1 is 1.47 bits per heavy atom. The van der Waals surface area contributed by atoms with Gasteiger partial charge in [-0.25, -0.2) is 4.98 Å². The highest BCUT2D eigenvalue weighted by molar-refractivity contribution is 7.07. The van der Waals surface area contributed by atoms with E-state index in [1.165, 1.54) is 5.56 Å². The van der Waals surface area contributed by atoms with Gasteiger partial charge in [0.15, 0.2) is 0 Å². The van der Waals surface area contributed by atoms with Crippen LogP contribution in [0.5, 0.6) is 0 Å². The Balaban J connectivity index is 1.93. The van der Waals surface area contributed by atoms with Crippen LogP contribution in [-0.2, 0) is 19.4 Å². The highest BCUT2D eigenvalue weighted by Gasteiger charge is 2.11. The molecule has 2 heterocycles. The van der Waals surface area contributed by atoms with Crippen molar-refractivity contribution in [3.8, 4) is 0 Å². The van der Waals surface area contributed by atoms with Crippen LogP contribution in [0.25, 0.3) is 0 Å². The quantitative estimate of drug-likeness (QED) is 0.855. The molecule has 4 heteroatoms. The number of aliphatic hydroxyl groups excluding tert-OH is 1. The van der Waals surface area contributed by atoms with E-state index in [0.29, 0.717) is 12.8 Å². The molecule has 0 saturated heterocycles. The van der Waals surface area contributed by atoms with Crippen molar-refractivity contribution in [1.29, 1.82) is 0 Å². The van der Waals surface area contributed by atoms with Crippen LogP contribution >= 0.6 is 11.3 Å². The summed E-state index contributed by atoms with van der Waals surface area (Å²) < 4.78 is 2.12. The van der Waals surface area contributed by atoms with Crippen LogP contribution < -0.4 is 0 Å². The summed E-state index contributed by atoms with van der Waals surface area (Å²) in [7, 11) is 0. The normalized spacial score (nSPS) is 12.8. The van der Waals surface area contributed by atoms with Crippen LogP contribution in [0.3, 0.4) is 0 Å². The second kappa shape index (κ2) is 5.98. The molecule has 0 saturated carbocycles. The zero-order valence-corrected chi connectivity index (χ0v) is 10.9. The summed E-state index contributed by atoms with van der Waals surface area (Å²) in [6, 6.07) is 2.06. The number of aromatic nitrogens is 2. The number of thiophene rings is 1.